The maximum Gasteiger partial charge on any atom is 0.194 e. The Morgan fingerprint density at radius 3 is 2.84 bits per heavy atom. The van der Waals surface area contributed by atoms with Crippen molar-refractivity contribution in [2.24, 2.45) is 4.99 Å². The first kappa shape index (κ1) is 19.8. The van der Waals surface area contributed by atoms with E-state index in [0.717, 1.165) is 36.6 Å². The second-order valence-corrected chi connectivity index (χ2v) is 5.95. The lowest BCUT2D eigenvalue weighted by atomic mass is 10.1. The van der Waals surface area contributed by atoms with Crippen LogP contribution in [0, 0.1) is 0 Å². The number of aliphatic hydroxyl groups excluding tert-OH is 1. The zero-order valence-corrected chi connectivity index (χ0v) is 16.8. The molecule has 1 aliphatic heterocycles. The Balaban J connectivity index is 0.00000225. The van der Waals surface area contributed by atoms with Crippen LogP contribution in [0.15, 0.2) is 47.5 Å². The number of hydrogen-bond donors (Lipinski definition) is 2. The Morgan fingerprint density at radius 2 is 2.08 bits per heavy atom. The number of hydrogen-bond acceptors (Lipinski definition) is 3. The van der Waals surface area contributed by atoms with Gasteiger partial charge in [-0.15, -0.1) is 24.0 Å². The highest BCUT2D eigenvalue weighted by Gasteiger charge is 2.22. The van der Waals surface area contributed by atoms with E-state index in [2.05, 4.69) is 40.3 Å². The van der Waals surface area contributed by atoms with E-state index in [9.17, 15) is 5.11 Å². The highest BCUT2D eigenvalue weighted by Crippen LogP contribution is 2.24. The van der Waals surface area contributed by atoms with Gasteiger partial charge in [0, 0.05) is 25.0 Å². The fraction of sp³-hybridized carbons (Fsp3) is 0.421. The van der Waals surface area contributed by atoms with E-state index in [0.29, 0.717) is 19.7 Å². The van der Waals surface area contributed by atoms with E-state index in [-0.39, 0.29) is 30.1 Å². The molecule has 1 fully saturated rings. The summed E-state index contributed by atoms with van der Waals surface area (Å²) in [7, 11) is 0. The number of benzene rings is 2. The summed E-state index contributed by atoms with van der Waals surface area (Å²) in [4.78, 5) is 6.72. The minimum absolute atomic E-state index is 0. The van der Waals surface area contributed by atoms with Gasteiger partial charge in [-0.2, -0.15) is 0 Å². The van der Waals surface area contributed by atoms with Crippen LogP contribution in [-0.2, 0) is 0 Å². The van der Waals surface area contributed by atoms with Crippen LogP contribution in [0.1, 0.15) is 13.3 Å². The van der Waals surface area contributed by atoms with Gasteiger partial charge in [0.1, 0.15) is 12.4 Å². The van der Waals surface area contributed by atoms with Gasteiger partial charge in [-0.1, -0.05) is 36.4 Å². The molecule has 1 aliphatic rings. The lowest BCUT2D eigenvalue weighted by Gasteiger charge is -2.21. The van der Waals surface area contributed by atoms with Crippen LogP contribution < -0.4 is 10.1 Å². The van der Waals surface area contributed by atoms with Crippen molar-refractivity contribution in [2.45, 2.75) is 19.4 Å². The molecule has 2 aromatic carbocycles. The molecule has 3 rings (SSSR count). The normalized spacial score (nSPS) is 17.4. The molecular formula is C19H26IN3O2. The van der Waals surface area contributed by atoms with Crippen LogP contribution in [-0.4, -0.2) is 54.9 Å². The minimum atomic E-state index is -0.249. The monoisotopic (exact) mass is 455 g/mol. The standard InChI is InChI=1S/C19H25N3O2.HI/c1-2-20-19(22-12-10-16(23)14-22)21-11-13-24-18-9-5-7-15-6-3-4-8-17(15)18;/h3-9,16,23H,2,10-14H2,1H3,(H,20,21);1H/t16-;/m1./s1. The van der Waals surface area contributed by atoms with Gasteiger partial charge in [-0.05, 0) is 24.8 Å². The summed E-state index contributed by atoms with van der Waals surface area (Å²) >= 11 is 0. The zero-order chi connectivity index (χ0) is 16.8. The first-order valence-electron chi connectivity index (χ1n) is 8.60. The predicted molar refractivity (Wildman–Crippen MR) is 113 cm³/mol. The van der Waals surface area contributed by atoms with Crippen molar-refractivity contribution in [1.29, 1.82) is 0 Å². The maximum atomic E-state index is 9.69. The Labute approximate surface area is 166 Å². The van der Waals surface area contributed by atoms with Crippen LogP contribution in [0.3, 0.4) is 0 Å². The van der Waals surface area contributed by atoms with Crippen molar-refractivity contribution < 1.29 is 9.84 Å². The average Bonchev–Trinajstić information content (AvgIpc) is 3.04. The van der Waals surface area contributed by atoms with Crippen LogP contribution in [0.4, 0.5) is 0 Å². The van der Waals surface area contributed by atoms with Gasteiger partial charge >= 0.3 is 0 Å². The van der Waals surface area contributed by atoms with Gasteiger partial charge in [-0.3, -0.25) is 0 Å². The third-order valence-corrected chi connectivity index (χ3v) is 4.16. The van der Waals surface area contributed by atoms with Crippen molar-refractivity contribution in [3.63, 3.8) is 0 Å². The summed E-state index contributed by atoms with van der Waals surface area (Å²) in [6.07, 6.45) is 0.553. The summed E-state index contributed by atoms with van der Waals surface area (Å²) in [6, 6.07) is 14.3. The van der Waals surface area contributed by atoms with Crippen LogP contribution in [0.25, 0.3) is 10.8 Å². The highest BCUT2D eigenvalue weighted by molar-refractivity contribution is 14.0. The van der Waals surface area contributed by atoms with E-state index in [1.807, 2.05) is 24.3 Å². The SMILES string of the molecule is CCNC(=NCCOc1cccc2ccccc12)N1CC[C@@H](O)C1.I. The molecule has 0 aliphatic carbocycles. The molecular weight excluding hydrogens is 429 g/mol. The smallest absolute Gasteiger partial charge is 0.194 e. The molecule has 25 heavy (non-hydrogen) atoms. The molecule has 1 atom stereocenters. The highest BCUT2D eigenvalue weighted by atomic mass is 127. The summed E-state index contributed by atoms with van der Waals surface area (Å²) in [5.41, 5.74) is 0. The summed E-state index contributed by atoms with van der Waals surface area (Å²) in [5.74, 6) is 1.75. The number of aliphatic hydroxyl groups is 1. The lowest BCUT2D eigenvalue weighted by molar-refractivity contribution is 0.187. The first-order valence-corrected chi connectivity index (χ1v) is 8.60. The number of likely N-dealkylation sites (tertiary alicyclic amines) is 1. The van der Waals surface area contributed by atoms with Gasteiger partial charge < -0.3 is 20.1 Å². The van der Waals surface area contributed by atoms with Gasteiger partial charge in [0.25, 0.3) is 0 Å². The molecule has 0 aromatic heterocycles. The topological polar surface area (TPSA) is 57.1 Å². The molecule has 1 saturated heterocycles. The largest absolute Gasteiger partial charge is 0.491 e. The zero-order valence-electron chi connectivity index (χ0n) is 14.5. The quantitative estimate of drug-likeness (QED) is 0.315. The Bertz CT molecular complexity index is 703. The number of fused-ring (bicyclic) bond motifs is 1. The molecule has 136 valence electrons. The summed E-state index contributed by atoms with van der Waals surface area (Å²) in [5, 5.41) is 15.3. The maximum absolute atomic E-state index is 9.69. The molecule has 0 spiro atoms. The van der Waals surface area contributed by atoms with Crippen molar-refractivity contribution >= 4 is 40.7 Å². The lowest BCUT2D eigenvalue weighted by Crippen LogP contribution is -2.40. The molecule has 0 saturated carbocycles. The average molecular weight is 455 g/mol. The van der Waals surface area contributed by atoms with Gasteiger partial charge in [-0.25, -0.2) is 4.99 Å². The second kappa shape index (κ2) is 9.82. The van der Waals surface area contributed by atoms with E-state index in [1.54, 1.807) is 0 Å². The molecule has 0 bridgehead atoms. The van der Waals surface area contributed by atoms with Gasteiger partial charge in [0.15, 0.2) is 5.96 Å². The van der Waals surface area contributed by atoms with Crippen molar-refractivity contribution in [1.82, 2.24) is 10.2 Å². The Kier molecular flexibility index (Phi) is 7.77. The molecule has 1 heterocycles. The third-order valence-electron chi connectivity index (χ3n) is 4.16. The fourth-order valence-corrected chi connectivity index (χ4v) is 2.99. The van der Waals surface area contributed by atoms with Crippen molar-refractivity contribution in [3.8, 4) is 5.75 Å². The van der Waals surface area contributed by atoms with E-state index >= 15 is 0 Å². The predicted octanol–water partition coefficient (Wildman–Crippen LogP) is 2.87. The second-order valence-electron chi connectivity index (χ2n) is 5.95. The van der Waals surface area contributed by atoms with Crippen LogP contribution in [0.2, 0.25) is 0 Å². The molecule has 2 aromatic rings. The molecule has 0 amide bonds. The van der Waals surface area contributed by atoms with E-state index < -0.39 is 0 Å². The molecule has 6 heteroatoms. The number of guanidine groups is 1. The number of rotatable bonds is 5. The van der Waals surface area contributed by atoms with Crippen LogP contribution in [0.5, 0.6) is 5.75 Å². The molecule has 0 unspecified atom stereocenters. The molecule has 0 radical (unpaired) electrons. The molecule has 5 nitrogen and oxygen atoms in total. The van der Waals surface area contributed by atoms with Crippen LogP contribution >= 0.6 is 24.0 Å². The number of nitrogens with zero attached hydrogens (tertiary/aromatic N) is 2. The van der Waals surface area contributed by atoms with E-state index in [1.165, 1.54) is 5.39 Å². The third kappa shape index (κ3) is 5.22. The Hall–Kier alpha value is -1.54. The Morgan fingerprint density at radius 1 is 1.28 bits per heavy atom. The van der Waals surface area contributed by atoms with E-state index in [4.69, 9.17) is 4.74 Å². The molecule has 2 N–H and O–H groups in total. The minimum Gasteiger partial charge on any atom is -0.491 e. The number of aliphatic imine (C=N–C) groups is 1. The van der Waals surface area contributed by atoms with Gasteiger partial charge in [0.2, 0.25) is 0 Å². The fourth-order valence-electron chi connectivity index (χ4n) is 2.99. The number of β-amino-alcohol motifs (C(OH)–C–C–N with tert-alkyl or cyclic N) is 1. The number of ether oxygens (including phenoxy) is 1. The first-order chi connectivity index (χ1) is 11.8. The number of nitrogens with one attached hydrogen (secondary N) is 1. The summed E-state index contributed by atoms with van der Waals surface area (Å²) < 4.78 is 5.93. The summed E-state index contributed by atoms with van der Waals surface area (Å²) in [6.45, 7) is 5.47. The number of halogens is 1. The van der Waals surface area contributed by atoms with Crippen molar-refractivity contribution in [2.75, 3.05) is 32.8 Å². The van der Waals surface area contributed by atoms with Gasteiger partial charge in [0.05, 0.1) is 12.6 Å². The van der Waals surface area contributed by atoms with Crippen molar-refractivity contribution in [3.05, 3.63) is 42.5 Å².